The molecule has 0 fully saturated rings. The average molecular weight is 342 g/mol. The van der Waals surface area contributed by atoms with Crippen molar-refractivity contribution in [1.29, 1.82) is 0 Å². The van der Waals surface area contributed by atoms with Gasteiger partial charge in [0, 0.05) is 22.2 Å². The third-order valence-electron chi connectivity index (χ3n) is 3.17. The van der Waals surface area contributed by atoms with E-state index >= 15 is 0 Å². The van der Waals surface area contributed by atoms with Crippen LogP contribution in [0, 0.1) is 5.82 Å². The molecule has 0 spiro atoms. The summed E-state index contributed by atoms with van der Waals surface area (Å²) < 4.78 is 13.8. The number of thiophene rings is 1. The highest BCUT2D eigenvalue weighted by Crippen LogP contribution is 2.26. The number of aryl methyl sites for hydroxylation is 1. The highest BCUT2D eigenvalue weighted by molar-refractivity contribution is 9.10. The van der Waals surface area contributed by atoms with Gasteiger partial charge in [-0.1, -0.05) is 13.0 Å². The van der Waals surface area contributed by atoms with Gasteiger partial charge in [0.1, 0.15) is 5.82 Å². The van der Waals surface area contributed by atoms with Crippen LogP contribution < -0.4 is 5.32 Å². The Labute approximate surface area is 126 Å². The van der Waals surface area contributed by atoms with Gasteiger partial charge in [-0.15, -0.1) is 11.3 Å². The Morgan fingerprint density at radius 1 is 1.26 bits per heavy atom. The van der Waals surface area contributed by atoms with Crippen LogP contribution in [0.5, 0.6) is 0 Å². The van der Waals surface area contributed by atoms with E-state index in [4.69, 9.17) is 0 Å². The summed E-state index contributed by atoms with van der Waals surface area (Å²) in [6.07, 6.45) is 2.01. The molecule has 102 valence electrons. The molecule has 0 saturated heterocycles. The monoisotopic (exact) mass is 341 g/mol. The summed E-state index contributed by atoms with van der Waals surface area (Å²) in [7, 11) is 1.94. The van der Waals surface area contributed by atoms with E-state index in [0.717, 1.165) is 18.4 Å². The zero-order valence-electron chi connectivity index (χ0n) is 11.0. The second-order valence-corrected chi connectivity index (χ2v) is 6.55. The summed E-state index contributed by atoms with van der Waals surface area (Å²) in [5.41, 5.74) is 1.10. The fraction of sp³-hybridized carbons (Fsp3) is 0.333. The van der Waals surface area contributed by atoms with Crippen LogP contribution in [0.15, 0.2) is 34.8 Å². The topological polar surface area (TPSA) is 12.0 Å². The number of hydrogen-bond acceptors (Lipinski definition) is 2. The van der Waals surface area contributed by atoms with Crippen molar-refractivity contribution in [2.24, 2.45) is 0 Å². The Bertz CT molecular complexity index is 553. The van der Waals surface area contributed by atoms with E-state index < -0.39 is 0 Å². The zero-order valence-corrected chi connectivity index (χ0v) is 13.4. The van der Waals surface area contributed by atoms with Crippen molar-refractivity contribution < 1.29 is 4.39 Å². The minimum Gasteiger partial charge on any atom is -0.313 e. The molecular weight excluding hydrogens is 325 g/mol. The lowest BCUT2D eigenvalue weighted by Gasteiger charge is -2.16. The first-order valence-corrected chi connectivity index (χ1v) is 7.94. The van der Waals surface area contributed by atoms with E-state index in [1.807, 2.05) is 30.5 Å². The lowest BCUT2D eigenvalue weighted by Crippen LogP contribution is -2.18. The van der Waals surface area contributed by atoms with Crippen molar-refractivity contribution in [2.75, 3.05) is 7.05 Å². The van der Waals surface area contributed by atoms with Crippen molar-refractivity contribution in [3.8, 4) is 0 Å². The molecule has 1 nitrogen and oxygen atoms in total. The molecule has 2 rings (SSSR count). The normalized spacial score (nSPS) is 12.6. The average Bonchev–Trinajstić information content (AvgIpc) is 2.87. The summed E-state index contributed by atoms with van der Waals surface area (Å²) in [4.78, 5) is 2.77. The minimum absolute atomic E-state index is 0.209. The van der Waals surface area contributed by atoms with Crippen LogP contribution in [0.25, 0.3) is 0 Å². The number of rotatable bonds is 5. The number of likely N-dealkylation sites (N-methyl/N-ethyl adjacent to an activating group) is 1. The Morgan fingerprint density at radius 3 is 2.58 bits per heavy atom. The minimum atomic E-state index is -0.219. The maximum atomic E-state index is 13.3. The molecule has 4 heteroatoms. The zero-order chi connectivity index (χ0) is 13.8. The van der Waals surface area contributed by atoms with E-state index in [1.165, 1.54) is 15.8 Å². The van der Waals surface area contributed by atoms with Crippen LogP contribution in [0.2, 0.25) is 0 Å². The van der Waals surface area contributed by atoms with Gasteiger partial charge in [-0.25, -0.2) is 4.39 Å². The number of nitrogens with one attached hydrogen (secondary N) is 1. The van der Waals surface area contributed by atoms with Crippen molar-refractivity contribution in [3.05, 3.63) is 55.9 Å². The predicted molar refractivity (Wildman–Crippen MR) is 83.3 cm³/mol. The van der Waals surface area contributed by atoms with Crippen LogP contribution in [-0.2, 0) is 12.8 Å². The molecule has 1 aromatic heterocycles. The molecule has 0 aliphatic carbocycles. The Morgan fingerprint density at radius 2 is 2.00 bits per heavy atom. The molecule has 1 heterocycles. The molecule has 1 aromatic carbocycles. The molecular formula is C15H17BrFNS. The third kappa shape index (κ3) is 3.65. The fourth-order valence-corrected chi connectivity index (χ4v) is 3.44. The number of benzene rings is 1. The van der Waals surface area contributed by atoms with Gasteiger partial charge in [0.15, 0.2) is 0 Å². The summed E-state index contributed by atoms with van der Waals surface area (Å²) in [6.45, 7) is 2.17. The van der Waals surface area contributed by atoms with Crippen LogP contribution in [-0.4, -0.2) is 7.05 Å². The molecule has 19 heavy (non-hydrogen) atoms. The molecule has 0 aliphatic rings. The lowest BCUT2D eigenvalue weighted by atomic mass is 10.0. The summed E-state index contributed by atoms with van der Waals surface area (Å²) >= 11 is 5.10. The van der Waals surface area contributed by atoms with Gasteiger partial charge in [0.05, 0.1) is 4.47 Å². The maximum absolute atomic E-state index is 13.3. The molecule has 1 N–H and O–H groups in total. The van der Waals surface area contributed by atoms with Crippen molar-refractivity contribution in [2.45, 2.75) is 25.8 Å². The molecule has 0 aliphatic heterocycles. The van der Waals surface area contributed by atoms with E-state index in [1.54, 1.807) is 0 Å². The number of halogens is 2. The Hall–Kier alpha value is -0.710. The molecule has 0 amide bonds. The first-order chi connectivity index (χ1) is 9.13. The Kier molecular flexibility index (Phi) is 5.13. The van der Waals surface area contributed by atoms with Crippen molar-refractivity contribution in [1.82, 2.24) is 5.32 Å². The highest BCUT2D eigenvalue weighted by Gasteiger charge is 2.13. The van der Waals surface area contributed by atoms with Gasteiger partial charge < -0.3 is 5.32 Å². The Balaban J connectivity index is 2.17. The van der Waals surface area contributed by atoms with Gasteiger partial charge in [0.2, 0.25) is 0 Å². The SMILES string of the molecule is CCc1ccc(CC(NC)c2ccc(F)c(Br)c2)s1. The van der Waals surface area contributed by atoms with E-state index in [-0.39, 0.29) is 11.9 Å². The molecule has 2 aromatic rings. The quantitative estimate of drug-likeness (QED) is 0.829. The van der Waals surface area contributed by atoms with Crippen molar-refractivity contribution >= 4 is 27.3 Å². The lowest BCUT2D eigenvalue weighted by molar-refractivity contribution is 0.587. The van der Waals surface area contributed by atoms with Crippen LogP contribution in [0.4, 0.5) is 4.39 Å². The molecule has 0 bridgehead atoms. The van der Waals surface area contributed by atoms with E-state index in [2.05, 4.69) is 40.3 Å². The second kappa shape index (κ2) is 6.64. The first kappa shape index (κ1) is 14.7. The second-order valence-electron chi connectivity index (χ2n) is 4.44. The van der Waals surface area contributed by atoms with Crippen LogP contribution >= 0.6 is 27.3 Å². The third-order valence-corrected chi connectivity index (χ3v) is 5.03. The van der Waals surface area contributed by atoms with Crippen molar-refractivity contribution in [3.63, 3.8) is 0 Å². The van der Waals surface area contributed by atoms with Gasteiger partial charge in [0.25, 0.3) is 0 Å². The molecule has 1 atom stereocenters. The van der Waals surface area contributed by atoms with E-state index in [0.29, 0.717) is 4.47 Å². The van der Waals surface area contributed by atoms with Gasteiger partial charge in [-0.3, -0.25) is 0 Å². The fourth-order valence-electron chi connectivity index (χ4n) is 2.04. The molecule has 1 unspecified atom stereocenters. The van der Waals surface area contributed by atoms with Gasteiger partial charge in [-0.2, -0.15) is 0 Å². The van der Waals surface area contributed by atoms with E-state index in [9.17, 15) is 4.39 Å². The summed E-state index contributed by atoms with van der Waals surface area (Å²) in [5.74, 6) is -0.219. The smallest absolute Gasteiger partial charge is 0.137 e. The molecule has 0 saturated carbocycles. The number of hydrogen-bond donors (Lipinski definition) is 1. The maximum Gasteiger partial charge on any atom is 0.137 e. The summed E-state index contributed by atoms with van der Waals surface area (Å²) in [5, 5.41) is 3.30. The predicted octanol–water partition coefficient (Wildman–Crippen LogP) is 4.72. The highest BCUT2D eigenvalue weighted by atomic mass is 79.9. The first-order valence-electron chi connectivity index (χ1n) is 6.33. The molecule has 0 radical (unpaired) electrons. The largest absolute Gasteiger partial charge is 0.313 e. The summed E-state index contributed by atoms with van der Waals surface area (Å²) in [6, 6.07) is 9.79. The van der Waals surface area contributed by atoms with Gasteiger partial charge in [-0.05, 0) is 59.2 Å². The van der Waals surface area contributed by atoms with Crippen LogP contribution in [0.3, 0.4) is 0 Å². The standard InChI is InChI=1S/C15H17BrFNS/c1-3-11-5-6-12(19-11)9-15(18-2)10-4-7-14(17)13(16)8-10/h4-8,15,18H,3,9H2,1-2H3. The van der Waals surface area contributed by atoms with Gasteiger partial charge >= 0.3 is 0 Å². The van der Waals surface area contributed by atoms with Crippen LogP contribution in [0.1, 0.15) is 28.3 Å².